The largest absolute Gasteiger partial charge is 0.497 e. The van der Waals surface area contributed by atoms with Crippen molar-refractivity contribution in [3.05, 3.63) is 72.2 Å². The van der Waals surface area contributed by atoms with Gasteiger partial charge in [0.15, 0.2) is 5.65 Å². The van der Waals surface area contributed by atoms with E-state index in [1.165, 1.54) is 6.33 Å². The second-order valence-corrected chi connectivity index (χ2v) is 6.49. The van der Waals surface area contributed by atoms with E-state index in [0.29, 0.717) is 5.65 Å². The Balaban J connectivity index is 1.74. The van der Waals surface area contributed by atoms with E-state index in [1.54, 1.807) is 7.11 Å². The number of ether oxygens (including phenoxy) is 1. The number of aromatic nitrogens is 3. The highest BCUT2D eigenvalue weighted by Gasteiger charge is 2.08. The van der Waals surface area contributed by atoms with Gasteiger partial charge in [-0.25, -0.2) is 15.0 Å². The number of pyridine rings is 1. The number of nitrogens with one attached hydrogen (secondary N) is 1. The molecule has 4 rings (SSSR count). The van der Waals surface area contributed by atoms with Crippen LogP contribution in [0.2, 0.25) is 0 Å². The third-order valence-corrected chi connectivity index (χ3v) is 4.38. The first-order valence-corrected chi connectivity index (χ1v) is 8.74. The van der Waals surface area contributed by atoms with Gasteiger partial charge in [0.25, 0.3) is 0 Å². The molecule has 0 amide bonds. The molecule has 4 aromatic rings. The molecule has 0 aliphatic heterocycles. The number of hydrogen-bond acceptors (Lipinski definition) is 5. The average Bonchev–Trinajstić information content (AvgIpc) is 2.67. The lowest BCUT2D eigenvalue weighted by Crippen LogP contribution is -1.98. The lowest BCUT2D eigenvalue weighted by atomic mass is 10.0. The van der Waals surface area contributed by atoms with Crippen molar-refractivity contribution in [1.82, 2.24) is 15.0 Å². The van der Waals surface area contributed by atoms with Gasteiger partial charge in [-0.3, -0.25) is 0 Å². The Labute approximate surface area is 158 Å². The van der Waals surface area contributed by atoms with Gasteiger partial charge in [-0.2, -0.15) is 0 Å². The molecule has 0 aliphatic carbocycles. The molecule has 134 valence electrons. The van der Waals surface area contributed by atoms with Crippen molar-refractivity contribution in [3.8, 4) is 16.9 Å². The van der Waals surface area contributed by atoms with Crippen LogP contribution >= 0.6 is 0 Å². The fourth-order valence-corrected chi connectivity index (χ4v) is 3.10. The van der Waals surface area contributed by atoms with E-state index < -0.39 is 0 Å². The summed E-state index contributed by atoms with van der Waals surface area (Å²) < 4.78 is 5.35. The minimum atomic E-state index is 0.688. The second-order valence-electron chi connectivity index (χ2n) is 6.49. The van der Waals surface area contributed by atoms with Crippen LogP contribution in [0.1, 0.15) is 11.3 Å². The normalized spacial score (nSPS) is 10.8. The molecule has 5 nitrogen and oxygen atoms in total. The fourth-order valence-electron chi connectivity index (χ4n) is 3.10. The van der Waals surface area contributed by atoms with Crippen LogP contribution in [0.15, 0.2) is 60.9 Å². The zero-order valence-electron chi connectivity index (χ0n) is 15.5. The van der Waals surface area contributed by atoms with Gasteiger partial charge >= 0.3 is 0 Å². The third kappa shape index (κ3) is 3.58. The highest BCUT2D eigenvalue weighted by molar-refractivity contribution is 5.88. The first-order valence-electron chi connectivity index (χ1n) is 8.74. The summed E-state index contributed by atoms with van der Waals surface area (Å²) in [5.41, 5.74) is 5.96. The van der Waals surface area contributed by atoms with Crippen LogP contribution in [0.5, 0.6) is 5.75 Å². The number of nitrogens with zero attached hydrogens (tertiary/aromatic N) is 3. The van der Waals surface area contributed by atoms with E-state index in [2.05, 4.69) is 51.5 Å². The third-order valence-electron chi connectivity index (χ3n) is 4.38. The first kappa shape index (κ1) is 17.0. The van der Waals surface area contributed by atoms with Crippen LogP contribution in [-0.4, -0.2) is 22.1 Å². The number of aryl methyl sites for hydroxylation is 2. The van der Waals surface area contributed by atoms with Crippen LogP contribution < -0.4 is 10.1 Å². The van der Waals surface area contributed by atoms with Crippen molar-refractivity contribution < 1.29 is 4.74 Å². The SMILES string of the molecule is COc1cccc(-c2cc(C)cc(Nc3ncnc4nc(C)ccc34)c2)c1. The van der Waals surface area contributed by atoms with Gasteiger partial charge < -0.3 is 10.1 Å². The van der Waals surface area contributed by atoms with Gasteiger partial charge in [0.2, 0.25) is 0 Å². The Morgan fingerprint density at radius 1 is 0.889 bits per heavy atom. The van der Waals surface area contributed by atoms with Crippen LogP contribution in [-0.2, 0) is 0 Å². The standard InChI is InChI=1S/C22H20N4O/c1-14-9-17(16-5-4-6-19(12-16)27-3)11-18(10-14)26-22-20-8-7-15(2)25-21(20)23-13-24-22/h4-13H,1-3H3,(H,23,24,25,26). The highest BCUT2D eigenvalue weighted by Crippen LogP contribution is 2.29. The van der Waals surface area contributed by atoms with Gasteiger partial charge in [0, 0.05) is 11.4 Å². The molecule has 0 spiro atoms. The predicted molar refractivity (Wildman–Crippen MR) is 109 cm³/mol. The number of fused-ring (bicyclic) bond motifs is 1. The number of methoxy groups -OCH3 is 1. The van der Waals surface area contributed by atoms with Crippen LogP contribution in [0, 0.1) is 13.8 Å². The van der Waals surface area contributed by atoms with Gasteiger partial charge in [-0.1, -0.05) is 18.2 Å². The first-order chi connectivity index (χ1) is 13.1. The molecule has 0 fully saturated rings. The van der Waals surface area contributed by atoms with E-state index in [-0.39, 0.29) is 0 Å². The van der Waals surface area contributed by atoms with Crippen LogP contribution in [0.25, 0.3) is 22.2 Å². The van der Waals surface area contributed by atoms with E-state index in [9.17, 15) is 0 Å². The molecule has 0 aliphatic rings. The number of rotatable bonds is 4. The molecule has 0 atom stereocenters. The van der Waals surface area contributed by atoms with Crippen molar-refractivity contribution in [2.45, 2.75) is 13.8 Å². The minimum absolute atomic E-state index is 0.688. The van der Waals surface area contributed by atoms with Crippen molar-refractivity contribution in [2.75, 3.05) is 12.4 Å². The van der Waals surface area contributed by atoms with Crippen molar-refractivity contribution in [3.63, 3.8) is 0 Å². The van der Waals surface area contributed by atoms with Gasteiger partial charge in [0.1, 0.15) is 17.9 Å². The molecule has 2 aromatic carbocycles. The molecule has 0 saturated carbocycles. The maximum absolute atomic E-state index is 5.35. The summed E-state index contributed by atoms with van der Waals surface area (Å²) >= 11 is 0. The van der Waals surface area contributed by atoms with Crippen molar-refractivity contribution in [2.24, 2.45) is 0 Å². The summed E-state index contributed by atoms with van der Waals surface area (Å²) in [6, 6.07) is 18.4. The molecule has 0 unspecified atom stereocenters. The lowest BCUT2D eigenvalue weighted by molar-refractivity contribution is 0.415. The summed E-state index contributed by atoms with van der Waals surface area (Å²) in [6.07, 6.45) is 1.54. The molecule has 2 aromatic heterocycles. The van der Waals surface area contributed by atoms with E-state index in [4.69, 9.17) is 4.74 Å². The predicted octanol–water partition coefficient (Wildman–Crippen LogP) is 5.06. The van der Waals surface area contributed by atoms with E-state index in [0.717, 1.165) is 45.0 Å². The molecular weight excluding hydrogens is 336 g/mol. The average molecular weight is 356 g/mol. The Bertz CT molecular complexity index is 1120. The van der Waals surface area contributed by atoms with E-state index >= 15 is 0 Å². The Morgan fingerprint density at radius 2 is 1.78 bits per heavy atom. The fraction of sp³-hybridized carbons (Fsp3) is 0.136. The molecule has 5 heteroatoms. The van der Waals surface area contributed by atoms with Crippen LogP contribution in [0.3, 0.4) is 0 Å². The summed E-state index contributed by atoms with van der Waals surface area (Å²) in [5, 5.41) is 4.32. The molecular formula is C22H20N4O. The Hall–Kier alpha value is -3.47. The van der Waals surface area contributed by atoms with E-state index in [1.807, 2.05) is 37.3 Å². The Morgan fingerprint density at radius 3 is 2.63 bits per heavy atom. The zero-order valence-corrected chi connectivity index (χ0v) is 15.5. The van der Waals surface area contributed by atoms with Gasteiger partial charge in [-0.05, 0) is 66.9 Å². The molecule has 0 radical (unpaired) electrons. The summed E-state index contributed by atoms with van der Waals surface area (Å²) in [4.78, 5) is 13.2. The van der Waals surface area contributed by atoms with Crippen LogP contribution in [0.4, 0.5) is 11.5 Å². The highest BCUT2D eigenvalue weighted by atomic mass is 16.5. The monoisotopic (exact) mass is 356 g/mol. The number of hydrogen-bond donors (Lipinski definition) is 1. The molecule has 27 heavy (non-hydrogen) atoms. The molecule has 1 N–H and O–H groups in total. The number of benzene rings is 2. The van der Waals surface area contributed by atoms with Gasteiger partial charge in [0.05, 0.1) is 12.5 Å². The molecule has 0 saturated heterocycles. The van der Waals surface area contributed by atoms with Crippen molar-refractivity contribution >= 4 is 22.5 Å². The molecule has 2 heterocycles. The molecule has 0 bridgehead atoms. The lowest BCUT2D eigenvalue weighted by Gasteiger charge is -2.12. The quantitative estimate of drug-likeness (QED) is 0.554. The topological polar surface area (TPSA) is 59.9 Å². The maximum atomic E-state index is 5.35. The summed E-state index contributed by atoms with van der Waals surface area (Å²) in [7, 11) is 1.68. The maximum Gasteiger partial charge on any atom is 0.164 e. The van der Waals surface area contributed by atoms with Gasteiger partial charge in [-0.15, -0.1) is 0 Å². The van der Waals surface area contributed by atoms with Crippen molar-refractivity contribution in [1.29, 1.82) is 0 Å². The zero-order chi connectivity index (χ0) is 18.8. The summed E-state index contributed by atoms with van der Waals surface area (Å²) in [6.45, 7) is 4.04. The smallest absolute Gasteiger partial charge is 0.164 e. The summed E-state index contributed by atoms with van der Waals surface area (Å²) in [5.74, 6) is 1.58. The minimum Gasteiger partial charge on any atom is -0.497 e. The Kier molecular flexibility index (Phi) is 4.42. The second kappa shape index (κ2) is 7.03. The number of anilines is 2.